The van der Waals surface area contributed by atoms with Gasteiger partial charge in [0.1, 0.15) is 15.7 Å². The quantitative estimate of drug-likeness (QED) is 0.797. The molecule has 1 amide bonds. The fourth-order valence-electron chi connectivity index (χ4n) is 1.49. The monoisotopic (exact) mass is 405 g/mol. The van der Waals surface area contributed by atoms with Crippen LogP contribution in [-0.2, 0) is 14.8 Å². The van der Waals surface area contributed by atoms with Crippen LogP contribution in [0.5, 0.6) is 11.5 Å². The highest BCUT2D eigenvalue weighted by atomic mass is 79.9. The van der Waals surface area contributed by atoms with Crippen molar-refractivity contribution < 1.29 is 22.7 Å². The molecule has 2 aromatic rings. The minimum Gasteiger partial charge on any atom is -0.497 e. The molecule has 0 bridgehead atoms. The summed E-state index contributed by atoms with van der Waals surface area (Å²) in [5, 5.41) is 0. The molecular formula is C13H12BrNO5S2. The summed E-state index contributed by atoms with van der Waals surface area (Å²) >= 11 is 4.18. The van der Waals surface area contributed by atoms with Crippen LogP contribution < -0.4 is 14.2 Å². The number of ether oxygens (including phenoxy) is 2. The lowest BCUT2D eigenvalue weighted by molar-refractivity contribution is -0.121. The van der Waals surface area contributed by atoms with Crippen molar-refractivity contribution in [3.63, 3.8) is 0 Å². The van der Waals surface area contributed by atoms with Gasteiger partial charge in [-0.05, 0) is 52.3 Å². The first kappa shape index (κ1) is 16.8. The van der Waals surface area contributed by atoms with Gasteiger partial charge in [0.25, 0.3) is 15.9 Å². The molecule has 6 nitrogen and oxygen atoms in total. The van der Waals surface area contributed by atoms with Gasteiger partial charge in [-0.2, -0.15) is 0 Å². The molecule has 2 rings (SSSR count). The number of amides is 1. The van der Waals surface area contributed by atoms with Gasteiger partial charge in [0.15, 0.2) is 6.61 Å². The highest BCUT2D eigenvalue weighted by Gasteiger charge is 2.19. The standard InChI is InChI=1S/C13H12BrNO5S2/c1-19-9-2-4-10(5-3-9)20-8-12(16)15-22(17,18)13-7-6-11(14)21-13/h2-7H,8H2,1H3,(H,15,16). The molecule has 0 saturated heterocycles. The van der Waals surface area contributed by atoms with Gasteiger partial charge >= 0.3 is 0 Å². The van der Waals surface area contributed by atoms with Crippen molar-refractivity contribution in [2.75, 3.05) is 13.7 Å². The molecule has 0 aliphatic heterocycles. The molecule has 1 aromatic carbocycles. The normalized spacial score (nSPS) is 11.0. The second kappa shape index (κ2) is 7.12. The number of halogens is 1. The number of hydrogen-bond donors (Lipinski definition) is 1. The molecule has 0 fully saturated rings. The Labute approximate surface area is 140 Å². The van der Waals surface area contributed by atoms with Crippen molar-refractivity contribution in [1.82, 2.24) is 4.72 Å². The number of carbonyl (C=O) groups excluding carboxylic acids is 1. The van der Waals surface area contributed by atoms with Gasteiger partial charge in [0.05, 0.1) is 10.9 Å². The van der Waals surface area contributed by atoms with Crippen molar-refractivity contribution in [3.8, 4) is 11.5 Å². The SMILES string of the molecule is COc1ccc(OCC(=O)NS(=O)(=O)c2ccc(Br)s2)cc1. The van der Waals surface area contributed by atoms with Gasteiger partial charge in [0.2, 0.25) is 0 Å². The second-order valence-corrected chi connectivity index (χ2v) is 8.42. The van der Waals surface area contributed by atoms with Crippen molar-refractivity contribution in [1.29, 1.82) is 0 Å². The van der Waals surface area contributed by atoms with Gasteiger partial charge in [-0.15, -0.1) is 11.3 Å². The lowest BCUT2D eigenvalue weighted by Crippen LogP contribution is -2.34. The zero-order chi connectivity index (χ0) is 16.2. The summed E-state index contributed by atoms with van der Waals surface area (Å²) in [4.78, 5) is 11.7. The van der Waals surface area contributed by atoms with Crippen LogP contribution >= 0.6 is 27.3 Å². The van der Waals surface area contributed by atoms with Gasteiger partial charge in [-0.1, -0.05) is 0 Å². The molecule has 0 aliphatic rings. The van der Waals surface area contributed by atoms with Gasteiger partial charge in [-0.3, -0.25) is 4.79 Å². The number of methoxy groups -OCH3 is 1. The number of benzene rings is 1. The average molecular weight is 406 g/mol. The Balaban J connectivity index is 1.92. The maximum atomic E-state index is 11.9. The van der Waals surface area contributed by atoms with E-state index in [9.17, 15) is 13.2 Å². The van der Waals surface area contributed by atoms with Crippen LogP contribution in [0.2, 0.25) is 0 Å². The van der Waals surface area contributed by atoms with E-state index in [1.54, 1.807) is 30.3 Å². The number of hydrogen-bond acceptors (Lipinski definition) is 6. The third-order valence-electron chi connectivity index (χ3n) is 2.49. The summed E-state index contributed by atoms with van der Waals surface area (Å²) in [5.41, 5.74) is 0. The molecule has 1 heterocycles. The number of carbonyl (C=O) groups is 1. The molecule has 0 aliphatic carbocycles. The van der Waals surface area contributed by atoms with E-state index in [1.165, 1.54) is 13.2 Å². The minimum absolute atomic E-state index is 0.0529. The molecular weight excluding hydrogens is 394 g/mol. The number of thiophene rings is 1. The van der Waals surface area contributed by atoms with Crippen LogP contribution in [0.4, 0.5) is 0 Å². The van der Waals surface area contributed by atoms with Crippen LogP contribution in [0.3, 0.4) is 0 Å². The fourth-order valence-corrected chi connectivity index (χ4v) is 4.47. The first-order chi connectivity index (χ1) is 10.4. The Morgan fingerprint density at radius 3 is 2.36 bits per heavy atom. The Morgan fingerprint density at radius 1 is 1.18 bits per heavy atom. The zero-order valence-corrected chi connectivity index (χ0v) is 14.6. The molecule has 118 valence electrons. The van der Waals surface area contributed by atoms with Crippen LogP contribution in [0, 0.1) is 0 Å². The smallest absolute Gasteiger partial charge is 0.273 e. The van der Waals surface area contributed by atoms with Crippen molar-refractivity contribution >= 4 is 43.2 Å². The minimum atomic E-state index is -3.86. The molecule has 0 atom stereocenters. The van der Waals surface area contributed by atoms with E-state index in [1.807, 2.05) is 4.72 Å². The molecule has 22 heavy (non-hydrogen) atoms. The lowest BCUT2D eigenvalue weighted by atomic mass is 10.3. The van der Waals surface area contributed by atoms with E-state index in [0.29, 0.717) is 15.3 Å². The predicted molar refractivity (Wildman–Crippen MR) is 85.8 cm³/mol. The third-order valence-corrected chi connectivity index (χ3v) is 5.98. The summed E-state index contributed by atoms with van der Waals surface area (Å²) in [6.07, 6.45) is 0. The van der Waals surface area contributed by atoms with E-state index in [2.05, 4.69) is 15.9 Å². The summed E-state index contributed by atoms with van der Waals surface area (Å²) in [6, 6.07) is 9.60. The molecule has 1 aromatic heterocycles. The summed E-state index contributed by atoms with van der Waals surface area (Å²) < 4.78 is 36.8. The first-order valence-corrected chi connectivity index (χ1v) is 9.08. The topological polar surface area (TPSA) is 81.7 Å². The molecule has 0 unspecified atom stereocenters. The highest BCUT2D eigenvalue weighted by Crippen LogP contribution is 2.25. The second-order valence-electron chi connectivity index (χ2n) is 4.05. The maximum Gasteiger partial charge on any atom is 0.273 e. The Kier molecular flexibility index (Phi) is 5.43. The van der Waals surface area contributed by atoms with E-state index in [-0.39, 0.29) is 4.21 Å². The van der Waals surface area contributed by atoms with Crippen LogP contribution in [0.25, 0.3) is 0 Å². The molecule has 0 radical (unpaired) electrons. The van der Waals surface area contributed by atoms with Crippen LogP contribution in [0.1, 0.15) is 0 Å². The third kappa shape index (κ3) is 4.46. The molecule has 0 spiro atoms. The van der Waals surface area contributed by atoms with E-state index in [0.717, 1.165) is 11.3 Å². The van der Waals surface area contributed by atoms with Crippen molar-refractivity contribution in [2.45, 2.75) is 4.21 Å². The van der Waals surface area contributed by atoms with Crippen LogP contribution in [-0.4, -0.2) is 28.0 Å². The fraction of sp³-hybridized carbons (Fsp3) is 0.154. The number of sulfonamides is 1. The summed E-state index contributed by atoms with van der Waals surface area (Å²) in [5.74, 6) is 0.343. The maximum absolute atomic E-state index is 11.9. The predicted octanol–water partition coefficient (Wildman–Crippen LogP) is 2.40. The first-order valence-electron chi connectivity index (χ1n) is 5.98. The van der Waals surface area contributed by atoms with Gasteiger partial charge in [-0.25, -0.2) is 13.1 Å². The molecule has 1 N–H and O–H groups in total. The van der Waals surface area contributed by atoms with Crippen molar-refractivity contribution in [2.24, 2.45) is 0 Å². The number of rotatable bonds is 6. The molecule has 0 saturated carbocycles. The van der Waals surface area contributed by atoms with E-state index >= 15 is 0 Å². The van der Waals surface area contributed by atoms with Crippen LogP contribution in [0.15, 0.2) is 44.4 Å². The number of nitrogens with one attached hydrogen (secondary N) is 1. The van der Waals surface area contributed by atoms with Gasteiger partial charge in [0, 0.05) is 0 Å². The van der Waals surface area contributed by atoms with Crippen molar-refractivity contribution in [3.05, 3.63) is 40.2 Å². The summed E-state index contributed by atoms with van der Waals surface area (Å²) in [6.45, 7) is -0.405. The summed E-state index contributed by atoms with van der Waals surface area (Å²) in [7, 11) is -2.33. The highest BCUT2D eigenvalue weighted by molar-refractivity contribution is 9.11. The Morgan fingerprint density at radius 2 is 1.82 bits per heavy atom. The van der Waals surface area contributed by atoms with E-state index < -0.39 is 22.5 Å². The van der Waals surface area contributed by atoms with Gasteiger partial charge < -0.3 is 9.47 Å². The zero-order valence-electron chi connectivity index (χ0n) is 11.4. The largest absolute Gasteiger partial charge is 0.497 e. The van der Waals surface area contributed by atoms with E-state index in [4.69, 9.17) is 9.47 Å². The Bertz CT molecular complexity index is 755. The molecule has 9 heteroatoms. The Hall–Kier alpha value is -1.58. The average Bonchev–Trinajstić information content (AvgIpc) is 2.93. The lowest BCUT2D eigenvalue weighted by Gasteiger charge is -2.08.